The molecule has 0 aliphatic heterocycles. The fourth-order valence-electron chi connectivity index (χ4n) is 2.46. The van der Waals surface area contributed by atoms with Gasteiger partial charge in [-0.2, -0.15) is 0 Å². The van der Waals surface area contributed by atoms with Gasteiger partial charge in [-0.25, -0.2) is 0 Å². The highest BCUT2D eigenvalue weighted by Gasteiger charge is 2.21. The lowest BCUT2D eigenvalue weighted by Gasteiger charge is -2.26. The zero-order chi connectivity index (χ0) is 15.2. The second-order valence-corrected chi connectivity index (χ2v) is 5.20. The van der Waals surface area contributed by atoms with Gasteiger partial charge in [-0.1, -0.05) is 12.1 Å². The Hall–Kier alpha value is -2.15. The predicted molar refractivity (Wildman–Crippen MR) is 78.0 cm³/mol. The van der Waals surface area contributed by atoms with Gasteiger partial charge in [0.2, 0.25) is 5.91 Å². The Morgan fingerprint density at radius 3 is 2.62 bits per heavy atom. The van der Waals surface area contributed by atoms with Gasteiger partial charge in [0.1, 0.15) is 5.69 Å². The van der Waals surface area contributed by atoms with Crippen LogP contribution in [0.2, 0.25) is 0 Å². The van der Waals surface area contributed by atoms with Gasteiger partial charge in [-0.05, 0) is 31.7 Å². The molecule has 1 aromatic rings. The van der Waals surface area contributed by atoms with Crippen molar-refractivity contribution in [3.63, 3.8) is 0 Å². The number of benzene rings is 1. The van der Waals surface area contributed by atoms with Crippen LogP contribution in [0, 0.1) is 10.1 Å². The summed E-state index contributed by atoms with van der Waals surface area (Å²) in [6, 6.07) is 6.30. The molecule has 1 aliphatic rings. The third-order valence-electron chi connectivity index (χ3n) is 3.60. The van der Waals surface area contributed by atoms with E-state index in [1.54, 1.807) is 18.2 Å². The van der Waals surface area contributed by atoms with Gasteiger partial charge in [-0.15, -0.1) is 0 Å². The fourth-order valence-corrected chi connectivity index (χ4v) is 2.46. The number of aliphatic hydroxyl groups is 1. The van der Waals surface area contributed by atoms with Crippen molar-refractivity contribution in [1.29, 1.82) is 0 Å². The first kappa shape index (κ1) is 15.2. The molecule has 7 nitrogen and oxygen atoms in total. The molecule has 0 saturated heterocycles. The lowest BCUT2D eigenvalue weighted by Crippen LogP contribution is -2.41. The third kappa shape index (κ3) is 4.42. The van der Waals surface area contributed by atoms with Crippen molar-refractivity contribution in [2.45, 2.75) is 37.8 Å². The minimum atomic E-state index is -0.483. The van der Waals surface area contributed by atoms with Crippen molar-refractivity contribution in [3.8, 4) is 0 Å². The van der Waals surface area contributed by atoms with Crippen LogP contribution in [0.15, 0.2) is 24.3 Å². The number of aliphatic hydroxyl groups excluding tert-OH is 1. The molecule has 0 radical (unpaired) electrons. The quantitative estimate of drug-likeness (QED) is 0.562. The number of para-hydroxylation sites is 2. The second kappa shape index (κ2) is 7.03. The molecule has 1 aromatic carbocycles. The van der Waals surface area contributed by atoms with Crippen molar-refractivity contribution in [2.24, 2.45) is 0 Å². The predicted octanol–water partition coefficient (Wildman–Crippen LogP) is 1.43. The number of nitrogens with zero attached hydrogens (tertiary/aromatic N) is 1. The van der Waals surface area contributed by atoms with Gasteiger partial charge in [-0.3, -0.25) is 14.9 Å². The fraction of sp³-hybridized carbons (Fsp3) is 0.500. The summed E-state index contributed by atoms with van der Waals surface area (Å²) in [7, 11) is 0. The van der Waals surface area contributed by atoms with E-state index in [0.717, 1.165) is 12.8 Å². The monoisotopic (exact) mass is 293 g/mol. The molecule has 7 heteroatoms. The maximum Gasteiger partial charge on any atom is 0.292 e. The minimum absolute atomic E-state index is 0.0100. The van der Waals surface area contributed by atoms with Crippen LogP contribution in [0.5, 0.6) is 0 Å². The van der Waals surface area contributed by atoms with Crippen LogP contribution in [0.1, 0.15) is 25.7 Å². The van der Waals surface area contributed by atoms with Crippen LogP contribution in [0.4, 0.5) is 11.4 Å². The maximum atomic E-state index is 11.8. The number of carbonyl (C=O) groups excluding carboxylic acids is 1. The summed E-state index contributed by atoms with van der Waals surface area (Å²) in [4.78, 5) is 22.2. The number of carbonyl (C=O) groups is 1. The summed E-state index contributed by atoms with van der Waals surface area (Å²) in [6.07, 6.45) is 2.66. The molecular formula is C14H19N3O4. The number of hydrogen-bond donors (Lipinski definition) is 3. The molecule has 1 saturated carbocycles. The van der Waals surface area contributed by atoms with Gasteiger partial charge in [0.05, 0.1) is 17.6 Å². The number of rotatable bonds is 5. The molecule has 0 spiro atoms. The molecule has 0 atom stereocenters. The number of nitro groups is 1. The van der Waals surface area contributed by atoms with E-state index in [2.05, 4.69) is 10.6 Å². The van der Waals surface area contributed by atoms with E-state index >= 15 is 0 Å². The van der Waals surface area contributed by atoms with Crippen LogP contribution < -0.4 is 10.6 Å². The summed E-state index contributed by atoms with van der Waals surface area (Å²) in [5.74, 6) is -0.199. The largest absolute Gasteiger partial charge is 0.393 e. The molecule has 114 valence electrons. The smallest absolute Gasteiger partial charge is 0.292 e. The van der Waals surface area contributed by atoms with Crippen LogP contribution in [0.25, 0.3) is 0 Å². The highest BCUT2D eigenvalue weighted by atomic mass is 16.6. The summed E-state index contributed by atoms with van der Waals surface area (Å²) in [6.45, 7) is -0.0100. The molecule has 1 aliphatic carbocycles. The van der Waals surface area contributed by atoms with E-state index in [1.807, 2.05) is 0 Å². The molecule has 2 rings (SSSR count). The Morgan fingerprint density at radius 2 is 1.95 bits per heavy atom. The summed E-state index contributed by atoms with van der Waals surface area (Å²) in [5, 5.41) is 25.9. The van der Waals surface area contributed by atoms with Crippen molar-refractivity contribution >= 4 is 17.3 Å². The van der Waals surface area contributed by atoms with E-state index in [4.69, 9.17) is 0 Å². The Kier molecular flexibility index (Phi) is 5.10. The zero-order valence-electron chi connectivity index (χ0n) is 11.6. The van der Waals surface area contributed by atoms with Crippen LogP contribution in [0.3, 0.4) is 0 Å². The number of anilines is 1. The second-order valence-electron chi connectivity index (χ2n) is 5.20. The van der Waals surface area contributed by atoms with E-state index in [9.17, 15) is 20.0 Å². The molecule has 0 bridgehead atoms. The molecule has 0 aromatic heterocycles. The third-order valence-corrected chi connectivity index (χ3v) is 3.60. The highest BCUT2D eigenvalue weighted by Crippen LogP contribution is 2.23. The zero-order valence-corrected chi connectivity index (χ0v) is 11.6. The van der Waals surface area contributed by atoms with Gasteiger partial charge in [0, 0.05) is 12.1 Å². The van der Waals surface area contributed by atoms with Crippen molar-refractivity contribution in [2.75, 3.05) is 11.9 Å². The number of nitro benzene ring substituents is 1. The Morgan fingerprint density at radius 1 is 1.29 bits per heavy atom. The Bertz CT molecular complexity index is 513. The first-order valence-electron chi connectivity index (χ1n) is 7.01. The maximum absolute atomic E-state index is 11.8. The van der Waals surface area contributed by atoms with Crippen LogP contribution >= 0.6 is 0 Å². The summed E-state index contributed by atoms with van der Waals surface area (Å²) in [5.41, 5.74) is 0.280. The average Bonchev–Trinajstić information content (AvgIpc) is 2.48. The van der Waals surface area contributed by atoms with Crippen LogP contribution in [-0.2, 0) is 4.79 Å². The average molecular weight is 293 g/mol. The van der Waals surface area contributed by atoms with E-state index in [0.29, 0.717) is 18.5 Å². The van der Waals surface area contributed by atoms with Crippen LogP contribution in [-0.4, -0.2) is 34.6 Å². The first-order valence-corrected chi connectivity index (χ1v) is 7.01. The Labute approximate surface area is 122 Å². The number of hydrogen-bond acceptors (Lipinski definition) is 5. The van der Waals surface area contributed by atoms with E-state index < -0.39 is 4.92 Å². The summed E-state index contributed by atoms with van der Waals surface area (Å²) < 4.78 is 0. The summed E-state index contributed by atoms with van der Waals surface area (Å²) >= 11 is 0. The number of nitrogens with one attached hydrogen (secondary N) is 2. The highest BCUT2D eigenvalue weighted by molar-refractivity contribution is 5.81. The Balaban J connectivity index is 1.83. The van der Waals surface area contributed by atoms with Crippen molar-refractivity contribution < 1.29 is 14.8 Å². The van der Waals surface area contributed by atoms with Crippen molar-refractivity contribution in [3.05, 3.63) is 34.4 Å². The molecule has 3 N–H and O–H groups in total. The SMILES string of the molecule is O=C(CNc1ccccc1[N+](=O)[O-])NC1CCC(O)CC1. The van der Waals surface area contributed by atoms with Gasteiger partial charge >= 0.3 is 0 Å². The van der Waals surface area contributed by atoms with Gasteiger partial charge < -0.3 is 15.7 Å². The van der Waals surface area contributed by atoms with Gasteiger partial charge in [0.25, 0.3) is 5.69 Å². The lowest BCUT2D eigenvalue weighted by molar-refractivity contribution is -0.383. The molecular weight excluding hydrogens is 274 g/mol. The van der Waals surface area contributed by atoms with E-state index in [-0.39, 0.29) is 30.3 Å². The van der Waals surface area contributed by atoms with E-state index in [1.165, 1.54) is 6.07 Å². The van der Waals surface area contributed by atoms with Crippen molar-refractivity contribution in [1.82, 2.24) is 5.32 Å². The normalized spacial score (nSPS) is 21.6. The topological polar surface area (TPSA) is 104 Å². The van der Waals surface area contributed by atoms with Gasteiger partial charge in [0.15, 0.2) is 0 Å². The molecule has 21 heavy (non-hydrogen) atoms. The molecule has 1 amide bonds. The first-order chi connectivity index (χ1) is 10.1. The molecule has 0 unspecified atom stereocenters. The standard InChI is InChI=1S/C14H19N3O4/c18-11-7-5-10(6-8-11)16-14(19)9-15-12-3-1-2-4-13(12)17(20)21/h1-4,10-11,15,18H,5-9H2,(H,16,19). The molecule has 0 heterocycles. The molecule has 1 fully saturated rings. The lowest BCUT2D eigenvalue weighted by atomic mass is 9.93. The number of amides is 1. The minimum Gasteiger partial charge on any atom is -0.393 e.